The van der Waals surface area contributed by atoms with Crippen LogP contribution in [0.1, 0.15) is 55.0 Å². The molecule has 1 rings (SSSR count). The van der Waals surface area contributed by atoms with Crippen LogP contribution in [0.25, 0.3) is 0 Å². The third-order valence-electron chi connectivity index (χ3n) is 2.28. The van der Waals surface area contributed by atoms with Gasteiger partial charge in [-0.2, -0.15) is 0 Å². The number of hydrogen-bond acceptors (Lipinski definition) is 4. The molecule has 0 aromatic carbocycles. The lowest BCUT2D eigenvalue weighted by atomic mass is 10.2. The molecule has 4 heteroatoms. The Hall–Kier alpha value is -0.900. The molecule has 0 saturated carbocycles. The monoisotopic (exact) mass is 241 g/mol. The number of unbranched alkanes of at least 4 members (excludes halogenated alkanes) is 3. The van der Waals surface area contributed by atoms with Gasteiger partial charge in [0.15, 0.2) is 5.69 Å². The van der Waals surface area contributed by atoms with Crippen LogP contribution in [0, 0.1) is 0 Å². The highest BCUT2D eigenvalue weighted by Gasteiger charge is 2.10. The number of hydrogen-bond donors (Lipinski definition) is 0. The second-order valence-corrected chi connectivity index (χ2v) is 4.60. The maximum absolute atomic E-state index is 11.4. The largest absolute Gasteiger partial charge is 0.461 e. The van der Waals surface area contributed by atoms with Crippen molar-refractivity contribution in [1.29, 1.82) is 0 Å². The first-order valence-electron chi connectivity index (χ1n) is 5.89. The van der Waals surface area contributed by atoms with Gasteiger partial charge in [-0.15, -0.1) is 11.3 Å². The van der Waals surface area contributed by atoms with Crippen molar-refractivity contribution in [3.05, 3.63) is 16.1 Å². The third-order valence-corrected chi connectivity index (χ3v) is 3.19. The number of ether oxygens (including phenoxy) is 1. The van der Waals surface area contributed by atoms with Gasteiger partial charge in [0.1, 0.15) is 0 Å². The van der Waals surface area contributed by atoms with Crippen molar-refractivity contribution >= 4 is 17.3 Å². The number of aryl methyl sites for hydroxylation is 1. The lowest BCUT2D eigenvalue weighted by Crippen LogP contribution is -2.05. The Morgan fingerprint density at radius 3 is 2.88 bits per heavy atom. The Morgan fingerprint density at radius 2 is 2.19 bits per heavy atom. The normalized spacial score (nSPS) is 10.4. The summed E-state index contributed by atoms with van der Waals surface area (Å²) >= 11 is 1.55. The molecule has 90 valence electrons. The van der Waals surface area contributed by atoms with E-state index in [0.717, 1.165) is 17.8 Å². The summed E-state index contributed by atoms with van der Waals surface area (Å²) in [5.74, 6) is -0.307. The van der Waals surface area contributed by atoms with E-state index in [9.17, 15) is 4.79 Å². The number of carbonyl (C=O) groups excluding carboxylic acids is 1. The molecule has 0 aliphatic carbocycles. The van der Waals surface area contributed by atoms with E-state index < -0.39 is 0 Å². The molecule has 1 heterocycles. The SMILES string of the molecule is CCCCCCc1nc(C(=O)OCC)cs1. The molecule has 0 N–H and O–H groups in total. The summed E-state index contributed by atoms with van der Waals surface area (Å²) in [6.45, 7) is 4.40. The van der Waals surface area contributed by atoms with Gasteiger partial charge >= 0.3 is 5.97 Å². The molecule has 0 bridgehead atoms. The van der Waals surface area contributed by atoms with E-state index in [1.165, 1.54) is 19.3 Å². The Kier molecular flexibility index (Phi) is 6.08. The Bertz CT molecular complexity index is 323. The van der Waals surface area contributed by atoms with Crippen LogP contribution in [0.2, 0.25) is 0 Å². The van der Waals surface area contributed by atoms with Gasteiger partial charge in [0.25, 0.3) is 0 Å². The van der Waals surface area contributed by atoms with Gasteiger partial charge in [0.2, 0.25) is 0 Å². The molecule has 1 aromatic heterocycles. The van der Waals surface area contributed by atoms with Gasteiger partial charge in [0.05, 0.1) is 11.6 Å². The van der Waals surface area contributed by atoms with Gasteiger partial charge in [-0.25, -0.2) is 9.78 Å². The van der Waals surface area contributed by atoms with Crippen molar-refractivity contribution < 1.29 is 9.53 Å². The van der Waals surface area contributed by atoms with Crippen LogP contribution in [-0.2, 0) is 11.2 Å². The van der Waals surface area contributed by atoms with Crippen LogP contribution in [0.5, 0.6) is 0 Å². The summed E-state index contributed by atoms with van der Waals surface area (Å²) in [5, 5.41) is 2.83. The quantitative estimate of drug-likeness (QED) is 0.542. The Balaban J connectivity index is 2.36. The first kappa shape index (κ1) is 13.2. The predicted molar refractivity (Wildman–Crippen MR) is 65.9 cm³/mol. The summed E-state index contributed by atoms with van der Waals surface area (Å²) in [6, 6.07) is 0. The van der Waals surface area contributed by atoms with Crippen molar-refractivity contribution in [3.63, 3.8) is 0 Å². The highest BCUT2D eigenvalue weighted by Crippen LogP contribution is 2.14. The average molecular weight is 241 g/mol. The lowest BCUT2D eigenvalue weighted by molar-refractivity contribution is 0.0520. The highest BCUT2D eigenvalue weighted by molar-refractivity contribution is 7.09. The zero-order valence-electron chi connectivity index (χ0n) is 9.99. The molecular weight excluding hydrogens is 222 g/mol. The summed E-state index contributed by atoms with van der Waals surface area (Å²) in [5.41, 5.74) is 0.456. The standard InChI is InChI=1S/C12H19NO2S/c1-3-5-6-7-8-11-13-10(9-16-11)12(14)15-4-2/h9H,3-8H2,1-2H3. The van der Waals surface area contributed by atoms with Gasteiger partial charge in [0, 0.05) is 5.38 Å². The van der Waals surface area contributed by atoms with Crippen molar-refractivity contribution in [2.75, 3.05) is 6.61 Å². The van der Waals surface area contributed by atoms with Crippen molar-refractivity contribution in [1.82, 2.24) is 4.98 Å². The fourth-order valence-electron chi connectivity index (χ4n) is 1.43. The summed E-state index contributed by atoms with van der Waals surface area (Å²) in [4.78, 5) is 15.6. The molecule has 0 unspecified atom stereocenters. The van der Waals surface area contributed by atoms with E-state index in [4.69, 9.17) is 4.74 Å². The number of thiazole rings is 1. The predicted octanol–water partition coefficient (Wildman–Crippen LogP) is 3.44. The van der Waals surface area contributed by atoms with Gasteiger partial charge < -0.3 is 4.74 Å². The Labute approximate surface area is 101 Å². The second kappa shape index (κ2) is 7.39. The summed E-state index contributed by atoms with van der Waals surface area (Å²) in [7, 11) is 0. The first-order valence-corrected chi connectivity index (χ1v) is 6.77. The van der Waals surface area contributed by atoms with Crippen LogP contribution < -0.4 is 0 Å². The van der Waals surface area contributed by atoms with Gasteiger partial charge in [-0.1, -0.05) is 26.2 Å². The molecule has 0 radical (unpaired) electrons. The molecule has 0 aliphatic heterocycles. The van der Waals surface area contributed by atoms with E-state index in [-0.39, 0.29) is 5.97 Å². The van der Waals surface area contributed by atoms with Crippen LogP contribution in [0.4, 0.5) is 0 Å². The molecule has 16 heavy (non-hydrogen) atoms. The summed E-state index contributed by atoms with van der Waals surface area (Å²) in [6.07, 6.45) is 5.89. The molecule has 0 aliphatic rings. The average Bonchev–Trinajstić information content (AvgIpc) is 2.73. The lowest BCUT2D eigenvalue weighted by Gasteiger charge is -1.97. The molecule has 0 saturated heterocycles. The van der Waals surface area contributed by atoms with Gasteiger partial charge in [-0.05, 0) is 19.8 Å². The fraction of sp³-hybridized carbons (Fsp3) is 0.667. The maximum atomic E-state index is 11.4. The second-order valence-electron chi connectivity index (χ2n) is 3.66. The number of carbonyl (C=O) groups is 1. The summed E-state index contributed by atoms with van der Waals surface area (Å²) < 4.78 is 4.89. The van der Waals surface area contributed by atoms with E-state index in [1.807, 2.05) is 0 Å². The number of aromatic nitrogens is 1. The first-order chi connectivity index (χ1) is 7.77. The minimum Gasteiger partial charge on any atom is -0.461 e. The van der Waals surface area contributed by atoms with Crippen LogP contribution in [0.3, 0.4) is 0 Å². The van der Waals surface area contributed by atoms with Crippen LogP contribution in [0.15, 0.2) is 5.38 Å². The number of nitrogens with zero attached hydrogens (tertiary/aromatic N) is 1. The van der Waals surface area contributed by atoms with Crippen molar-refractivity contribution in [2.45, 2.75) is 46.0 Å². The van der Waals surface area contributed by atoms with Crippen molar-refractivity contribution in [2.24, 2.45) is 0 Å². The van der Waals surface area contributed by atoms with E-state index in [2.05, 4.69) is 11.9 Å². The fourth-order valence-corrected chi connectivity index (χ4v) is 2.24. The number of rotatable bonds is 7. The van der Waals surface area contributed by atoms with Crippen LogP contribution in [-0.4, -0.2) is 17.6 Å². The third kappa shape index (κ3) is 4.31. The molecule has 0 amide bonds. The maximum Gasteiger partial charge on any atom is 0.357 e. The molecule has 0 fully saturated rings. The molecule has 1 aromatic rings. The topological polar surface area (TPSA) is 39.2 Å². The van der Waals surface area contributed by atoms with E-state index in [0.29, 0.717) is 12.3 Å². The van der Waals surface area contributed by atoms with Crippen molar-refractivity contribution in [3.8, 4) is 0 Å². The molecule has 0 atom stereocenters. The highest BCUT2D eigenvalue weighted by atomic mass is 32.1. The number of esters is 1. The smallest absolute Gasteiger partial charge is 0.357 e. The molecule has 3 nitrogen and oxygen atoms in total. The molecular formula is C12H19NO2S. The minimum absolute atomic E-state index is 0.307. The van der Waals surface area contributed by atoms with Crippen LogP contribution >= 0.6 is 11.3 Å². The minimum atomic E-state index is -0.307. The zero-order valence-corrected chi connectivity index (χ0v) is 10.8. The van der Waals surface area contributed by atoms with E-state index >= 15 is 0 Å². The zero-order chi connectivity index (χ0) is 11.8. The van der Waals surface area contributed by atoms with Gasteiger partial charge in [-0.3, -0.25) is 0 Å². The molecule has 0 spiro atoms. The van der Waals surface area contributed by atoms with E-state index in [1.54, 1.807) is 23.6 Å². The Morgan fingerprint density at radius 1 is 1.38 bits per heavy atom.